The van der Waals surface area contributed by atoms with E-state index in [4.69, 9.17) is 15.2 Å². The second kappa shape index (κ2) is 9.82. The predicted molar refractivity (Wildman–Crippen MR) is 127 cm³/mol. The van der Waals surface area contributed by atoms with Gasteiger partial charge in [0.1, 0.15) is 23.5 Å². The standard InChI is InChI=1S/C26H28FN5O2/c27-21-7-8-22(29)20(15-28)26(21)34-19-6-9-23-24(14-19)31-25(16-30-23)33-18-10-12-32(13-11-18)17-4-2-1-3-5-17/h6-9,14,16-18H,1-5,10-13,29H2. The van der Waals surface area contributed by atoms with Gasteiger partial charge >= 0.3 is 0 Å². The number of ether oxygens (including phenoxy) is 2. The summed E-state index contributed by atoms with van der Waals surface area (Å²) < 4.78 is 26.2. The quantitative estimate of drug-likeness (QED) is 0.522. The monoisotopic (exact) mass is 461 g/mol. The number of nitriles is 1. The molecule has 2 aromatic carbocycles. The van der Waals surface area contributed by atoms with Gasteiger partial charge in [-0.15, -0.1) is 0 Å². The van der Waals surface area contributed by atoms with Crippen LogP contribution in [-0.4, -0.2) is 40.1 Å². The molecule has 0 bridgehead atoms. The number of nitrogen functional groups attached to an aromatic ring is 1. The lowest BCUT2D eigenvalue weighted by Crippen LogP contribution is -2.44. The Morgan fingerprint density at radius 1 is 1.03 bits per heavy atom. The smallest absolute Gasteiger partial charge is 0.233 e. The minimum absolute atomic E-state index is 0.0390. The van der Waals surface area contributed by atoms with E-state index in [9.17, 15) is 9.65 Å². The molecule has 0 unspecified atom stereocenters. The van der Waals surface area contributed by atoms with Crippen LogP contribution < -0.4 is 15.2 Å². The van der Waals surface area contributed by atoms with Gasteiger partial charge in [-0.1, -0.05) is 19.3 Å². The Hall–Kier alpha value is -3.44. The van der Waals surface area contributed by atoms with Crippen molar-refractivity contribution in [1.82, 2.24) is 14.9 Å². The number of fused-ring (bicyclic) bond motifs is 1. The Bertz CT molecular complexity index is 1210. The zero-order valence-corrected chi connectivity index (χ0v) is 19.0. The van der Waals surface area contributed by atoms with Crippen molar-refractivity contribution >= 4 is 16.7 Å². The molecule has 176 valence electrons. The van der Waals surface area contributed by atoms with Crippen molar-refractivity contribution in [2.24, 2.45) is 0 Å². The molecule has 5 rings (SSSR count). The van der Waals surface area contributed by atoms with Crippen LogP contribution in [-0.2, 0) is 0 Å². The van der Waals surface area contributed by atoms with Crippen molar-refractivity contribution in [3.8, 4) is 23.4 Å². The molecule has 1 aliphatic heterocycles. The van der Waals surface area contributed by atoms with E-state index in [1.54, 1.807) is 24.4 Å². The first-order valence-electron chi connectivity index (χ1n) is 11.9. The average molecular weight is 462 g/mol. The van der Waals surface area contributed by atoms with Gasteiger partial charge in [0, 0.05) is 25.2 Å². The lowest BCUT2D eigenvalue weighted by molar-refractivity contribution is 0.0608. The highest BCUT2D eigenvalue weighted by molar-refractivity contribution is 5.76. The minimum Gasteiger partial charge on any atom is -0.473 e. The van der Waals surface area contributed by atoms with E-state index in [-0.39, 0.29) is 23.1 Å². The summed E-state index contributed by atoms with van der Waals surface area (Å²) in [4.78, 5) is 11.7. The Labute approximate surface area is 198 Å². The zero-order valence-electron chi connectivity index (χ0n) is 19.0. The van der Waals surface area contributed by atoms with Crippen LogP contribution in [0, 0.1) is 17.1 Å². The van der Waals surface area contributed by atoms with Crippen LogP contribution in [0.5, 0.6) is 17.4 Å². The molecule has 0 atom stereocenters. The molecule has 1 aromatic heterocycles. The molecule has 2 aliphatic rings. The zero-order chi connectivity index (χ0) is 23.5. The van der Waals surface area contributed by atoms with Gasteiger partial charge in [-0.25, -0.2) is 14.4 Å². The lowest BCUT2D eigenvalue weighted by Gasteiger charge is -2.39. The minimum atomic E-state index is -0.659. The van der Waals surface area contributed by atoms with Crippen LogP contribution in [0.3, 0.4) is 0 Å². The normalized spacial score (nSPS) is 18.0. The molecule has 1 saturated heterocycles. The van der Waals surface area contributed by atoms with Crippen LogP contribution in [0.25, 0.3) is 11.0 Å². The largest absolute Gasteiger partial charge is 0.473 e. The molecule has 2 fully saturated rings. The average Bonchev–Trinajstić information content (AvgIpc) is 2.87. The summed E-state index contributed by atoms with van der Waals surface area (Å²) in [5, 5.41) is 9.34. The van der Waals surface area contributed by atoms with Crippen molar-refractivity contribution in [2.75, 3.05) is 18.8 Å². The third kappa shape index (κ3) is 4.75. The number of piperidine rings is 1. The van der Waals surface area contributed by atoms with Gasteiger partial charge in [-0.05, 0) is 49.9 Å². The molecule has 2 heterocycles. The first-order valence-corrected chi connectivity index (χ1v) is 11.9. The maximum Gasteiger partial charge on any atom is 0.233 e. The topological polar surface area (TPSA) is 97.3 Å². The highest BCUT2D eigenvalue weighted by Gasteiger charge is 2.27. The number of nitrogens with two attached hydrogens (primary N) is 1. The number of benzene rings is 2. The summed E-state index contributed by atoms with van der Waals surface area (Å²) in [6.45, 7) is 2.11. The van der Waals surface area contributed by atoms with Crippen molar-refractivity contribution in [1.29, 1.82) is 5.26 Å². The van der Waals surface area contributed by atoms with E-state index >= 15 is 0 Å². The number of rotatable bonds is 5. The first kappa shape index (κ1) is 22.4. The number of hydrogen-bond acceptors (Lipinski definition) is 7. The van der Waals surface area contributed by atoms with Gasteiger partial charge < -0.3 is 20.1 Å². The van der Waals surface area contributed by atoms with E-state index in [0.29, 0.717) is 22.7 Å². The SMILES string of the molecule is N#Cc1c(N)ccc(F)c1Oc1ccc2ncc(OC3CCN(C4CCCCC4)CC3)nc2c1. The third-order valence-corrected chi connectivity index (χ3v) is 6.82. The summed E-state index contributed by atoms with van der Waals surface area (Å²) >= 11 is 0. The summed E-state index contributed by atoms with van der Waals surface area (Å²) in [6, 6.07) is 10.2. The molecule has 1 saturated carbocycles. The molecule has 1 aliphatic carbocycles. The highest BCUT2D eigenvalue weighted by Crippen LogP contribution is 2.33. The van der Waals surface area contributed by atoms with Gasteiger partial charge in [0.25, 0.3) is 0 Å². The van der Waals surface area contributed by atoms with Gasteiger partial charge in [0.15, 0.2) is 11.6 Å². The second-order valence-electron chi connectivity index (χ2n) is 9.06. The summed E-state index contributed by atoms with van der Waals surface area (Å²) in [7, 11) is 0. The van der Waals surface area contributed by atoms with Crippen molar-refractivity contribution < 1.29 is 13.9 Å². The Morgan fingerprint density at radius 2 is 1.82 bits per heavy atom. The van der Waals surface area contributed by atoms with Crippen LogP contribution in [0.1, 0.15) is 50.5 Å². The fourth-order valence-electron chi connectivity index (χ4n) is 4.98. The third-order valence-electron chi connectivity index (χ3n) is 6.82. The fourth-order valence-corrected chi connectivity index (χ4v) is 4.98. The van der Waals surface area contributed by atoms with Crippen LogP contribution in [0.4, 0.5) is 10.1 Å². The van der Waals surface area contributed by atoms with E-state index in [1.165, 1.54) is 44.2 Å². The fraction of sp³-hybridized carbons (Fsp3) is 0.423. The molecule has 2 N–H and O–H groups in total. The van der Waals surface area contributed by atoms with Crippen LogP contribution in [0.2, 0.25) is 0 Å². The molecule has 7 nitrogen and oxygen atoms in total. The lowest BCUT2D eigenvalue weighted by atomic mass is 9.92. The number of likely N-dealkylation sites (tertiary alicyclic amines) is 1. The summed E-state index contributed by atoms with van der Waals surface area (Å²) in [5.41, 5.74) is 7.15. The second-order valence-corrected chi connectivity index (χ2v) is 9.06. The molecular weight excluding hydrogens is 433 g/mol. The predicted octanol–water partition coefficient (Wildman–Crippen LogP) is 5.19. The number of nitrogens with zero attached hydrogens (tertiary/aromatic N) is 4. The molecule has 8 heteroatoms. The maximum absolute atomic E-state index is 14.3. The molecule has 0 spiro atoms. The highest BCUT2D eigenvalue weighted by atomic mass is 19.1. The first-order chi connectivity index (χ1) is 16.6. The van der Waals surface area contributed by atoms with Crippen LogP contribution >= 0.6 is 0 Å². The number of anilines is 1. The molecule has 3 aromatic rings. The summed E-state index contributed by atoms with van der Waals surface area (Å²) in [5.74, 6) is -0.0603. The number of aromatic nitrogens is 2. The van der Waals surface area contributed by atoms with E-state index in [2.05, 4.69) is 14.9 Å². The van der Waals surface area contributed by atoms with Gasteiger partial charge in [-0.3, -0.25) is 0 Å². The summed E-state index contributed by atoms with van der Waals surface area (Å²) in [6.07, 6.45) is 10.4. The molecule has 0 radical (unpaired) electrons. The van der Waals surface area contributed by atoms with Crippen molar-refractivity contribution in [3.05, 3.63) is 47.9 Å². The van der Waals surface area contributed by atoms with Gasteiger partial charge in [-0.2, -0.15) is 5.26 Å². The maximum atomic E-state index is 14.3. The number of halogens is 1. The Kier molecular flexibility index (Phi) is 6.45. The Balaban J connectivity index is 1.28. The van der Waals surface area contributed by atoms with E-state index < -0.39 is 5.82 Å². The van der Waals surface area contributed by atoms with Crippen molar-refractivity contribution in [2.45, 2.75) is 57.1 Å². The van der Waals surface area contributed by atoms with Crippen LogP contribution in [0.15, 0.2) is 36.5 Å². The molecule has 34 heavy (non-hydrogen) atoms. The Morgan fingerprint density at radius 3 is 2.59 bits per heavy atom. The van der Waals surface area contributed by atoms with Crippen molar-refractivity contribution in [3.63, 3.8) is 0 Å². The van der Waals surface area contributed by atoms with E-state index in [0.717, 1.165) is 32.0 Å². The molecule has 0 amide bonds. The molecular formula is C26H28FN5O2. The van der Waals surface area contributed by atoms with Gasteiger partial charge in [0.2, 0.25) is 5.88 Å². The van der Waals surface area contributed by atoms with E-state index in [1.807, 2.05) is 6.07 Å². The van der Waals surface area contributed by atoms with Gasteiger partial charge in [0.05, 0.1) is 22.9 Å². The number of hydrogen-bond donors (Lipinski definition) is 1.